The number of thiophene rings is 1. The van der Waals surface area contributed by atoms with Gasteiger partial charge in [-0.25, -0.2) is 9.79 Å². The number of hydrogen-bond acceptors (Lipinski definition) is 8. The van der Waals surface area contributed by atoms with Gasteiger partial charge in [0, 0.05) is 12.0 Å². The van der Waals surface area contributed by atoms with Crippen LogP contribution < -0.4 is 19.6 Å². The summed E-state index contributed by atoms with van der Waals surface area (Å²) in [4.78, 5) is 32.5. The number of aromatic nitrogens is 1. The first-order valence-electron chi connectivity index (χ1n) is 10.6. The fraction of sp³-hybridized carbons (Fsp3) is 0.240. The first kappa shape index (κ1) is 23.9. The molecule has 0 fully saturated rings. The zero-order valence-electron chi connectivity index (χ0n) is 18.9. The standard InChI is InChI=1S/C25H24N2O5S2/c1-4-11-31-18-9-7-17(8-10-18)15-20-23(28)27-22(19-6-5-14-33-19)21(16(2)26-25(27)34-20)24(29)32-13-12-30-3/h4-10,14-15,22H,1,11-13H2,2-3H3/b20-15+/t22-/m1/s1. The maximum absolute atomic E-state index is 13.5. The smallest absolute Gasteiger partial charge is 0.338 e. The highest BCUT2D eigenvalue weighted by Gasteiger charge is 2.34. The molecule has 7 nitrogen and oxygen atoms in total. The van der Waals surface area contributed by atoms with Crippen LogP contribution in [0.3, 0.4) is 0 Å². The third-order valence-electron chi connectivity index (χ3n) is 5.12. The van der Waals surface area contributed by atoms with E-state index >= 15 is 0 Å². The number of methoxy groups -OCH3 is 1. The van der Waals surface area contributed by atoms with Gasteiger partial charge in [0.05, 0.1) is 22.4 Å². The van der Waals surface area contributed by atoms with Crippen molar-refractivity contribution >= 4 is 34.7 Å². The lowest BCUT2D eigenvalue weighted by atomic mass is 10.0. The number of thiazole rings is 1. The molecule has 0 saturated carbocycles. The van der Waals surface area contributed by atoms with E-state index in [0.717, 1.165) is 16.2 Å². The normalized spacial score (nSPS) is 15.6. The summed E-state index contributed by atoms with van der Waals surface area (Å²) in [5, 5.41) is 1.92. The van der Waals surface area contributed by atoms with E-state index in [1.807, 2.05) is 47.9 Å². The number of hydrogen-bond donors (Lipinski definition) is 0. The molecule has 0 bridgehead atoms. The quantitative estimate of drug-likeness (QED) is 0.259. The highest BCUT2D eigenvalue weighted by atomic mass is 32.1. The molecule has 176 valence electrons. The first-order valence-corrected chi connectivity index (χ1v) is 12.3. The number of carbonyl (C=O) groups is 1. The number of fused-ring (bicyclic) bond motifs is 1. The van der Waals surface area contributed by atoms with Gasteiger partial charge in [-0.05, 0) is 42.1 Å². The van der Waals surface area contributed by atoms with E-state index in [4.69, 9.17) is 14.2 Å². The van der Waals surface area contributed by atoms with Crippen molar-refractivity contribution in [3.8, 4) is 5.75 Å². The maximum atomic E-state index is 13.5. The van der Waals surface area contributed by atoms with Gasteiger partial charge in [-0.15, -0.1) is 11.3 Å². The van der Waals surface area contributed by atoms with E-state index in [-0.39, 0.29) is 12.2 Å². The Morgan fingerprint density at radius 2 is 2.03 bits per heavy atom. The van der Waals surface area contributed by atoms with Crippen LogP contribution in [0.5, 0.6) is 5.75 Å². The molecule has 1 atom stereocenters. The van der Waals surface area contributed by atoms with E-state index < -0.39 is 12.0 Å². The number of benzene rings is 1. The lowest BCUT2D eigenvalue weighted by Crippen LogP contribution is -2.39. The van der Waals surface area contributed by atoms with Crippen molar-refractivity contribution in [2.75, 3.05) is 26.9 Å². The lowest BCUT2D eigenvalue weighted by molar-refractivity contribution is -0.140. The Bertz CT molecular complexity index is 1380. The molecule has 0 N–H and O–H groups in total. The molecule has 34 heavy (non-hydrogen) atoms. The van der Waals surface area contributed by atoms with Crippen LogP contribution in [0.25, 0.3) is 6.08 Å². The van der Waals surface area contributed by atoms with E-state index in [2.05, 4.69) is 11.6 Å². The number of esters is 1. The second kappa shape index (κ2) is 10.8. The third-order valence-corrected chi connectivity index (χ3v) is 7.03. The Balaban J connectivity index is 1.76. The molecule has 1 aliphatic rings. The summed E-state index contributed by atoms with van der Waals surface area (Å²) in [5.41, 5.74) is 1.56. The van der Waals surface area contributed by atoms with Crippen LogP contribution >= 0.6 is 22.7 Å². The molecule has 0 spiro atoms. The van der Waals surface area contributed by atoms with E-state index in [9.17, 15) is 9.59 Å². The predicted molar refractivity (Wildman–Crippen MR) is 133 cm³/mol. The van der Waals surface area contributed by atoms with Crippen LogP contribution in [0.1, 0.15) is 23.4 Å². The van der Waals surface area contributed by atoms with Crippen molar-refractivity contribution in [1.29, 1.82) is 0 Å². The minimum atomic E-state index is -0.594. The summed E-state index contributed by atoms with van der Waals surface area (Å²) in [7, 11) is 1.54. The van der Waals surface area contributed by atoms with Crippen molar-refractivity contribution in [2.45, 2.75) is 13.0 Å². The van der Waals surface area contributed by atoms with E-state index in [1.165, 1.54) is 22.7 Å². The summed E-state index contributed by atoms with van der Waals surface area (Å²) in [6.45, 7) is 6.26. The van der Waals surface area contributed by atoms with Gasteiger partial charge < -0.3 is 14.2 Å². The topological polar surface area (TPSA) is 79.1 Å². The Morgan fingerprint density at radius 3 is 2.71 bits per heavy atom. The van der Waals surface area contributed by atoms with E-state index in [1.54, 1.807) is 24.7 Å². The summed E-state index contributed by atoms with van der Waals surface area (Å²) in [6, 6.07) is 10.7. The van der Waals surface area contributed by atoms with Crippen molar-refractivity contribution in [3.05, 3.63) is 95.8 Å². The second-order valence-corrected chi connectivity index (χ2v) is 9.38. The van der Waals surface area contributed by atoms with Gasteiger partial charge in [0.2, 0.25) is 0 Å². The van der Waals surface area contributed by atoms with Crippen LogP contribution in [0, 0.1) is 0 Å². The molecule has 9 heteroatoms. The molecule has 3 heterocycles. The molecule has 4 rings (SSSR count). The minimum Gasteiger partial charge on any atom is -0.490 e. The van der Waals surface area contributed by atoms with E-state index in [0.29, 0.717) is 33.8 Å². The summed E-state index contributed by atoms with van der Waals surface area (Å²) in [6.07, 6.45) is 3.50. The molecule has 0 unspecified atom stereocenters. The van der Waals surface area contributed by atoms with Crippen LogP contribution in [-0.4, -0.2) is 37.5 Å². The number of carbonyl (C=O) groups excluding carboxylic acids is 1. The van der Waals surface area contributed by atoms with Crippen molar-refractivity contribution in [3.63, 3.8) is 0 Å². The largest absolute Gasteiger partial charge is 0.490 e. The van der Waals surface area contributed by atoms with Gasteiger partial charge in [0.1, 0.15) is 25.0 Å². The molecule has 0 saturated heterocycles. The van der Waals surface area contributed by atoms with Gasteiger partial charge >= 0.3 is 5.97 Å². The molecule has 1 aromatic carbocycles. The minimum absolute atomic E-state index is 0.125. The third kappa shape index (κ3) is 4.96. The first-order chi connectivity index (χ1) is 16.5. The average Bonchev–Trinajstić information content (AvgIpc) is 3.46. The molecule has 3 aromatic rings. The maximum Gasteiger partial charge on any atom is 0.338 e. The molecule has 1 aliphatic heterocycles. The number of rotatable bonds is 9. The molecule has 0 aliphatic carbocycles. The second-order valence-electron chi connectivity index (χ2n) is 7.39. The molecule has 2 aromatic heterocycles. The highest BCUT2D eigenvalue weighted by molar-refractivity contribution is 7.10. The van der Waals surface area contributed by atoms with Crippen LogP contribution in [0.4, 0.5) is 0 Å². The van der Waals surface area contributed by atoms with Gasteiger partial charge in [-0.3, -0.25) is 9.36 Å². The van der Waals surface area contributed by atoms with Crippen molar-refractivity contribution < 1.29 is 19.0 Å². The van der Waals surface area contributed by atoms with Crippen LogP contribution in [0.15, 0.2) is 75.5 Å². The Morgan fingerprint density at radius 1 is 1.24 bits per heavy atom. The summed E-state index contributed by atoms with van der Waals surface area (Å²) >= 11 is 2.78. The number of nitrogens with zero attached hydrogens (tertiary/aromatic N) is 2. The van der Waals surface area contributed by atoms with Gasteiger partial charge in [-0.1, -0.05) is 42.2 Å². The monoisotopic (exact) mass is 496 g/mol. The Hall–Kier alpha value is -3.27. The Labute approximate surface area is 204 Å². The lowest BCUT2D eigenvalue weighted by Gasteiger charge is -2.23. The highest BCUT2D eigenvalue weighted by Crippen LogP contribution is 2.33. The Kier molecular flexibility index (Phi) is 7.56. The number of allylic oxidation sites excluding steroid dienone is 1. The summed E-state index contributed by atoms with van der Waals surface area (Å²) in [5.74, 6) is 0.226. The van der Waals surface area contributed by atoms with Gasteiger partial charge in [-0.2, -0.15) is 0 Å². The van der Waals surface area contributed by atoms with Gasteiger partial charge in [0.15, 0.2) is 4.80 Å². The SMILES string of the molecule is C=CCOc1ccc(/C=c2/sc3n(c2=O)[C@H](c2cccs2)C(C(=O)OCCOC)=C(C)N=3)cc1. The fourth-order valence-corrected chi connectivity index (χ4v) is 5.43. The zero-order chi connectivity index (χ0) is 24.1. The molecular formula is C25H24N2O5S2. The van der Waals surface area contributed by atoms with Gasteiger partial charge in [0.25, 0.3) is 5.56 Å². The molecule has 0 amide bonds. The predicted octanol–water partition coefficient (Wildman–Crippen LogP) is 3.05. The summed E-state index contributed by atoms with van der Waals surface area (Å²) < 4.78 is 18.0. The molecule has 0 radical (unpaired) electrons. The van der Waals surface area contributed by atoms with Crippen LogP contribution in [0.2, 0.25) is 0 Å². The van der Waals surface area contributed by atoms with Crippen molar-refractivity contribution in [2.24, 2.45) is 4.99 Å². The van der Waals surface area contributed by atoms with Crippen molar-refractivity contribution in [1.82, 2.24) is 4.57 Å². The number of ether oxygens (including phenoxy) is 3. The molecular weight excluding hydrogens is 472 g/mol. The zero-order valence-corrected chi connectivity index (χ0v) is 20.5. The fourth-order valence-electron chi connectivity index (χ4n) is 3.56. The average molecular weight is 497 g/mol. The van der Waals surface area contributed by atoms with Crippen LogP contribution in [-0.2, 0) is 14.3 Å².